The van der Waals surface area contributed by atoms with E-state index in [0.29, 0.717) is 18.7 Å². The van der Waals surface area contributed by atoms with Crippen molar-refractivity contribution in [3.05, 3.63) is 41.8 Å². The Kier molecular flexibility index (Phi) is 4.72. The molecule has 0 saturated heterocycles. The van der Waals surface area contributed by atoms with Crippen molar-refractivity contribution < 1.29 is 17.6 Å². The molecule has 20 heavy (non-hydrogen) atoms. The number of aromatic nitrogens is 1. The van der Waals surface area contributed by atoms with E-state index in [4.69, 9.17) is 4.42 Å². The summed E-state index contributed by atoms with van der Waals surface area (Å²) < 4.78 is 44.3. The molecule has 0 saturated carbocycles. The molecule has 2 rings (SSSR count). The van der Waals surface area contributed by atoms with Gasteiger partial charge in [0.05, 0.1) is 11.8 Å². The van der Waals surface area contributed by atoms with Crippen molar-refractivity contribution >= 4 is 11.8 Å². The highest BCUT2D eigenvalue weighted by Crippen LogP contribution is 2.39. The van der Waals surface area contributed by atoms with E-state index < -0.39 is 11.7 Å². The lowest BCUT2D eigenvalue weighted by Crippen LogP contribution is -2.13. The van der Waals surface area contributed by atoms with Crippen molar-refractivity contribution in [2.45, 2.75) is 29.8 Å². The molecular formula is C13H13F3N2OS. The third-order valence-corrected chi connectivity index (χ3v) is 3.49. The Hall–Kier alpha value is -1.47. The third-order valence-electron chi connectivity index (χ3n) is 2.54. The van der Waals surface area contributed by atoms with Crippen LogP contribution in [0.25, 0.3) is 0 Å². The van der Waals surface area contributed by atoms with Crippen molar-refractivity contribution in [1.29, 1.82) is 0 Å². The maximum absolute atomic E-state index is 13.1. The Bertz CT molecular complexity index is 555. The maximum atomic E-state index is 13.1. The Morgan fingerprint density at radius 1 is 1.35 bits per heavy atom. The molecular weight excluding hydrogens is 289 g/mol. The van der Waals surface area contributed by atoms with Gasteiger partial charge in [0.15, 0.2) is 0 Å². The van der Waals surface area contributed by atoms with Gasteiger partial charge >= 0.3 is 6.18 Å². The summed E-state index contributed by atoms with van der Waals surface area (Å²) in [5.41, 5.74) is -0.0768. The van der Waals surface area contributed by atoms with Crippen LogP contribution in [0.2, 0.25) is 0 Å². The van der Waals surface area contributed by atoms with Crippen molar-refractivity contribution in [2.24, 2.45) is 0 Å². The monoisotopic (exact) mass is 302 g/mol. The van der Waals surface area contributed by atoms with Gasteiger partial charge in [-0.15, -0.1) is 0 Å². The minimum absolute atomic E-state index is 0.0835. The van der Waals surface area contributed by atoms with Crippen LogP contribution < -0.4 is 5.32 Å². The standard InChI is InChI=1S/C13H13F3N2OS/c1-2-17-8-9-3-4-11(10(7-9)13(14,15)16)20-12-18-5-6-19-12/h3-7,17H,2,8H2,1H3. The SMILES string of the molecule is CCNCc1ccc(Sc2ncco2)c(C(F)(F)F)c1. The first-order chi connectivity index (χ1) is 9.50. The molecule has 0 amide bonds. The van der Waals surface area contributed by atoms with Crippen LogP contribution in [0.4, 0.5) is 13.2 Å². The second kappa shape index (κ2) is 6.32. The maximum Gasteiger partial charge on any atom is 0.417 e. The first-order valence-electron chi connectivity index (χ1n) is 5.99. The zero-order chi connectivity index (χ0) is 14.6. The molecule has 3 nitrogen and oxygen atoms in total. The fraction of sp³-hybridized carbons (Fsp3) is 0.308. The molecule has 0 aliphatic carbocycles. The number of rotatable bonds is 5. The zero-order valence-electron chi connectivity index (χ0n) is 10.7. The predicted octanol–water partition coefficient (Wildman–Crippen LogP) is 3.95. The molecule has 0 radical (unpaired) electrons. The van der Waals surface area contributed by atoms with Crippen LogP contribution in [-0.4, -0.2) is 11.5 Å². The number of alkyl halides is 3. The van der Waals surface area contributed by atoms with Crippen LogP contribution in [-0.2, 0) is 12.7 Å². The first kappa shape index (κ1) is 14.9. The Balaban J connectivity index is 2.30. The van der Waals surface area contributed by atoms with Crippen molar-refractivity contribution in [1.82, 2.24) is 10.3 Å². The number of nitrogens with one attached hydrogen (secondary N) is 1. The van der Waals surface area contributed by atoms with Gasteiger partial charge in [-0.2, -0.15) is 13.2 Å². The van der Waals surface area contributed by atoms with E-state index in [1.54, 1.807) is 6.07 Å². The number of oxazole rings is 1. The molecule has 108 valence electrons. The summed E-state index contributed by atoms with van der Waals surface area (Å²) in [5, 5.41) is 3.19. The average molecular weight is 302 g/mol. The number of hydrogen-bond acceptors (Lipinski definition) is 4. The van der Waals surface area contributed by atoms with Crippen LogP contribution in [0.5, 0.6) is 0 Å². The lowest BCUT2D eigenvalue weighted by molar-refractivity contribution is -0.139. The van der Waals surface area contributed by atoms with E-state index in [1.165, 1.54) is 18.5 Å². The molecule has 1 aromatic heterocycles. The fourth-order valence-corrected chi connectivity index (χ4v) is 2.45. The normalized spacial score (nSPS) is 11.8. The average Bonchev–Trinajstić information content (AvgIpc) is 2.89. The predicted molar refractivity (Wildman–Crippen MR) is 69.5 cm³/mol. The van der Waals surface area contributed by atoms with E-state index >= 15 is 0 Å². The van der Waals surface area contributed by atoms with Gasteiger partial charge in [-0.05, 0) is 36.0 Å². The molecule has 0 atom stereocenters. The lowest BCUT2D eigenvalue weighted by Gasteiger charge is -2.13. The van der Waals surface area contributed by atoms with Crippen LogP contribution in [0.3, 0.4) is 0 Å². The molecule has 1 aromatic carbocycles. The summed E-state index contributed by atoms with van der Waals surface area (Å²) in [5.74, 6) is 0. The smallest absolute Gasteiger partial charge is 0.417 e. The van der Waals surface area contributed by atoms with Gasteiger partial charge in [0.1, 0.15) is 6.26 Å². The number of nitrogens with zero attached hydrogens (tertiary/aromatic N) is 1. The van der Waals surface area contributed by atoms with Gasteiger partial charge in [-0.25, -0.2) is 4.98 Å². The number of benzene rings is 1. The lowest BCUT2D eigenvalue weighted by atomic mass is 10.1. The van der Waals surface area contributed by atoms with Gasteiger partial charge < -0.3 is 9.73 Å². The summed E-state index contributed by atoms with van der Waals surface area (Å²) in [6.45, 7) is 3.01. The first-order valence-corrected chi connectivity index (χ1v) is 6.80. The van der Waals surface area contributed by atoms with E-state index in [2.05, 4.69) is 10.3 Å². The van der Waals surface area contributed by atoms with Gasteiger partial charge in [-0.3, -0.25) is 0 Å². The second-order valence-corrected chi connectivity index (χ2v) is 5.00. The van der Waals surface area contributed by atoms with E-state index in [-0.39, 0.29) is 10.1 Å². The minimum Gasteiger partial charge on any atom is -0.440 e. The summed E-state index contributed by atoms with van der Waals surface area (Å²) >= 11 is 0.862. The summed E-state index contributed by atoms with van der Waals surface area (Å²) in [7, 11) is 0. The molecule has 0 fully saturated rings. The Morgan fingerprint density at radius 2 is 2.15 bits per heavy atom. The highest BCUT2D eigenvalue weighted by Gasteiger charge is 2.34. The van der Waals surface area contributed by atoms with Crippen LogP contribution in [0.1, 0.15) is 18.1 Å². The molecule has 2 aromatic rings. The highest BCUT2D eigenvalue weighted by molar-refractivity contribution is 7.99. The van der Waals surface area contributed by atoms with E-state index in [0.717, 1.165) is 17.8 Å². The largest absolute Gasteiger partial charge is 0.440 e. The molecule has 0 aliphatic rings. The molecule has 0 spiro atoms. The summed E-state index contributed by atoms with van der Waals surface area (Å²) in [6.07, 6.45) is -1.68. The Labute approximate surface area is 118 Å². The quantitative estimate of drug-likeness (QED) is 0.907. The Morgan fingerprint density at radius 3 is 2.75 bits per heavy atom. The molecule has 0 aliphatic heterocycles. The minimum atomic E-state index is -4.41. The molecule has 0 unspecified atom stereocenters. The van der Waals surface area contributed by atoms with Crippen LogP contribution in [0.15, 0.2) is 45.2 Å². The van der Waals surface area contributed by atoms with Crippen LogP contribution >= 0.6 is 11.8 Å². The molecule has 7 heteroatoms. The molecule has 1 N–H and O–H groups in total. The topological polar surface area (TPSA) is 38.1 Å². The van der Waals surface area contributed by atoms with Crippen LogP contribution in [0, 0.1) is 0 Å². The van der Waals surface area contributed by atoms with E-state index in [9.17, 15) is 13.2 Å². The highest BCUT2D eigenvalue weighted by atomic mass is 32.2. The van der Waals surface area contributed by atoms with Gasteiger partial charge in [0, 0.05) is 11.4 Å². The summed E-state index contributed by atoms with van der Waals surface area (Å²) in [6, 6.07) is 4.28. The van der Waals surface area contributed by atoms with Crippen molar-refractivity contribution in [2.75, 3.05) is 6.54 Å². The summed E-state index contributed by atoms with van der Waals surface area (Å²) in [4.78, 5) is 3.91. The molecule has 0 bridgehead atoms. The second-order valence-electron chi connectivity index (χ2n) is 4.01. The zero-order valence-corrected chi connectivity index (χ0v) is 11.5. The van der Waals surface area contributed by atoms with E-state index in [1.807, 2.05) is 6.92 Å². The fourth-order valence-electron chi connectivity index (χ4n) is 1.62. The van der Waals surface area contributed by atoms with Crippen molar-refractivity contribution in [3.63, 3.8) is 0 Å². The number of halogens is 3. The number of hydrogen-bond donors (Lipinski definition) is 1. The third kappa shape index (κ3) is 3.77. The van der Waals surface area contributed by atoms with Gasteiger partial charge in [0.2, 0.25) is 0 Å². The van der Waals surface area contributed by atoms with Crippen molar-refractivity contribution in [3.8, 4) is 0 Å². The van der Waals surface area contributed by atoms with Gasteiger partial charge in [0.25, 0.3) is 5.22 Å². The van der Waals surface area contributed by atoms with Gasteiger partial charge in [-0.1, -0.05) is 13.0 Å². The molecule has 1 heterocycles.